The Morgan fingerprint density at radius 1 is 1.00 bits per heavy atom. The molecule has 1 N–H and O–H groups in total. The lowest BCUT2D eigenvalue weighted by atomic mass is 10.1. The minimum absolute atomic E-state index is 0.868. The SMILES string of the molecule is c1ccc(Cc2ccc(N3CCNCC3)o2)cc1. The molecule has 0 unspecified atom stereocenters. The molecule has 1 aromatic heterocycles. The molecule has 1 aliphatic rings. The Kier molecular flexibility index (Phi) is 3.33. The van der Waals surface area contributed by atoms with Gasteiger partial charge in [0.1, 0.15) is 5.76 Å². The van der Waals surface area contributed by atoms with Crippen molar-refractivity contribution in [2.75, 3.05) is 31.1 Å². The van der Waals surface area contributed by atoms with Gasteiger partial charge in [-0.15, -0.1) is 0 Å². The Labute approximate surface area is 107 Å². The molecule has 1 saturated heterocycles. The maximum atomic E-state index is 5.93. The Morgan fingerprint density at radius 2 is 1.78 bits per heavy atom. The molecule has 0 bridgehead atoms. The predicted octanol–water partition coefficient (Wildman–Crippen LogP) is 2.28. The number of hydrogen-bond donors (Lipinski definition) is 1. The summed E-state index contributed by atoms with van der Waals surface area (Å²) in [7, 11) is 0. The minimum atomic E-state index is 0.868. The third kappa shape index (κ3) is 2.57. The number of rotatable bonds is 3. The zero-order valence-electron chi connectivity index (χ0n) is 10.4. The molecular formula is C15H18N2O. The molecular weight excluding hydrogens is 224 g/mol. The van der Waals surface area contributed by atoms with Crippen LogP contribution in [0.4, 0.5) is 5.88 Å². The van der Waals surface area contributed by atoms with Crippen LogP contribution in [0.1, 0.15) is 11.3 Å². The van der Waals surface area contributed by atoms with Crippen molar-refractivity contribution in [2.45, 2.75) is 6.42 Å². The fourth-order valence-corrected chi connectivity index (χ4v) is 2.31. The van der Waals surface area contributed by atoms with Gasteiger partial charge < -0.3 is 14.6 Å². The highest BCUT2D eigenvalue weighted by atomic mass is 16.4. The molecule has 1 aromatic carbocycles. The van der Waals surface area contributed by atoms with Crippen LogP contribution in [0.2, 0.25) is 0 Å². The van der Waals surface area contributed by atoms with Crippen LogP contribution in [0.15, 0.2) is 46.9 Å². The lowest BCUT2D eigenvalue weighted by Crippen LogP contribution is -2.43. The second-order valence-corrected chi connectivity index (χ2v) is 4.64. The molecule has 0 radical (unpaired) electrons. The lowest BCUT2D eigenvalue weighted by Gasteiger charge is -2.26. The normalized spacial score (nSPS) is 15.9. The van der Waals surface area contributed by atoms with Crippen molar-refractivity contribution in [1.82, 2.24) is 5.32 Å². The Balaban J connectivity index is 1.69. The van der Waals surface area contributed by atoms with Gasteiger partial charge >= 0.3 is 0 Å². The molecule has 0 aliphatic carbocycles. The van der Waals surface area contributed by atoms with E-state index in [2.05, 4.69) is 46.6 Å². The van der Waals surface area contributed by atoms with E-state index in [1.165, 1.54) is 5.56 Å². The van der Waals surface area contributed by atoms with E-state index >= 15 is 0 Å². The molecule has 0 atom stereocenters. The second kappa shape index (κ2) is 5.27. The first-order valence-electron chi connectivity index (χ1n) is 6.50. The number of furan rings is 1. The van der Waals surface area contributed by atoms with Gasteiger partial charge in [0, 0.05) is 38.7 Å². The summed E-state index contributed by atoms with van der Waals surface area (Å²) in [5, 5.41) is 3.35. The number of piperazine rings is 1. The Hall–Kier alpha value is -1.74. The van der Waals surface area contributed by atoms with Crippen molar-refractivity contribution >= 4 is 5.88 Å². The molecule has 1 fully saturated rings. The van der Waals surface area contributed by atoms with Gasteiger partial charge in [-0.2, -0.15) is 0 Å². The van der Waals surface area contributed by atoms with Gasteiger partial charge in [-0.25, -0.2) is 0 Å². The summed E-state index contributed by atoms with van der Waals surface area (Å²) in [4.78, 5) is 2.30. The first-order chi connectivity index (χ1) is 8.92. The summed E-state index contributed by atoms with van der Waals surface area (Å²) in [6.07, 6.45) is 0.868. The third-order valence-electron chi connectivity index (χ3n) is 3.30. The number of nitrogens with one attached hydrogen (secondary N) is 1. The first-order valence-corrected chi connectivity index (χ1v) is 6.50. The maximum Gasteiger partial charge on any atom is 0.195 e. The van der Waals surface area contributed by atoms with Crippen molar-refractivity contribution in [3.05, 3.63) is 53.8 Å². The van der Waals surface area contributed by atoms with Crippen molar-refractivity contribution in [2.24, 2.45) is 0 Å². The molecule has 3 nitrogen and oxygen atoms in total. The van der Waals surface area contributed by atoms with E-state index in [1.54, 1.807) is 0 Å². The number of benzene rings is 1. The quantitative estimate of drug-likeness (QED) is 0.895. The Morgan fingerprint density at radius 3 is 2.56 bits per heavy atom. The zero-order chi connectivity index (χ0) is 12.2. The zero-order valence-corrected chi connectivity index (χ0v) is 10.4. The van der Waals surface area contributed by atoms with Crippen LogP contribution in [-0.4, -0.2) is 26.2 Å². The Bertz CT molecular complexity index is 486. The van der Waals surface area contributed by atoms with Gasteiger partial charge in [0.05, 0.1) is 0 Å². The van der Waals surface area contributed by atoms with Gasteiger partial charge in [0.25, 0.3) is 0 Å². The average molecular weight is 242 g/mol. The van der Waals surface area contributed by atoms with Gasteiger partial charge in [0.15, 0.2) is 5.88 Å². The van der Waals surface area contributed by atoms with Gasteiger partial charge in [0.2, 0.25) is 0 Å². The van der Waals surface area contributed by atoms with Crippen LogP contribution in [0.25, 0.3) is 0 Å². The van der Waals surface area contributed by atoms with Crippen LogP contribution in [0.5, 0.6) is 0 Å². The molecule has 3 heteroatoms. The monoisotopic (exact) mass is 242 g/mol. The standard InChI is InChI=1S/C15H18N2O/c1-2-4-13(5-3-1)12-14-6-7-15(18-14)17-10-8-16-9-11-17/h1-7,16H,8-12H2. The van der Waals surface area contributed by atoms with Crippen LogP contribution in [-0.2, 0) is 6.42 Å². The van der Waals surface area contributed by atoms with E-state index in [4.69, 9.17) is 4.42 Å². The van der Waals surface area contributed by atoms with E-state index in [0.717, 1.165) is 44.2 Å². The molecule has 3 rings (SSSR count). The van der Waals surface area contributed by atoms with Crippen LogP contribution < -0.4 is 10.2 Å². The lowest BCUT2D eigenvalue weighted by molar-refractivity contribution is 0.483. The predicted molar refractivity (Wildman–Crippen MR) is 73.0 cm³/mol. The van der Waals surface area contributed by atoms with Gasteiger partial charge in [-0.05, 0) is 11.6 Å². The van der Waals surface area contributed by atoms with Gasteiger partial charge in [-0.1, -0.05) is 30.3 Å². The van der Waals surface area contributed by atoms with E-state index < -0.39 is 0 Å². The average Bonchev–Trinajstić information content (AvgIpc) is 2.89. The van der Waals surface area contributed by atoms with E-state index in [9.17, 15) is 0 Å². The number of hydrogen-bond acceptors (Lipinski definition) is 3. The highest BCUT2D eigenvalue weighted by Crippen LogP contribution is 2.21. The highest BCUT2D eigenvalue weighted by molar-refractivity contribution is 5.38. The highest BCUT2D eigenvalue weighted by Gasteiger charge is 2.13. The molecule has 94 valence electrons. The van der Waals surface area contributed by atoms with Crippen molar-refractivity contribution in [3.63, 3.8) is 0 Å². The smallest absolute Gasteiger partial charge is 0.195 e. The minimum Gasteiger partial charge on any atom is -0.445 e. The topological polar surface area (TPSA) is 28.4 Å². The fraction of sp³-hybridized carbons (Fsp3) is 0.333. The van der Waals surface area contributed by atoms with E-state index in [1.807, 2.05) is 6.07 Å². The van der Waals surface area contributed by atoms with E-state index in [-0.39, 0.29) is 0 Å². The van der Waals surface area contributed by atoms with Crippen LogP contribution >= 0.6 is 0 Å². The summed E-state index contributed by atoms with van der Waals surface area (Å²) in [5.41, 5.74) is 1.29. The molecule has 18 heavy (non-hydrogen) atoms. The van der Waals surface area contributed by atoms with Crippen LogP contribution in [0.3, 0.4) is 0 Å². The summed E-state index contributed by atoms with van der Waals surface area (Å²) >= 11 is 0. The number of nitrogens with zero attached hydrogens (tertiary/aromatic N) is 1. The summed E-state index contributed by atoms with van der Waals surface area (Å²) < 4.78 is 5.93. The van der Waals surface area contributed by atoms with Crippen molar-refractivity contribution < 1.29 is 4.42 Å². The molecule has 1 aliphatic heterocycles. The largest absolute Gasteiger partial charge is 0.445 e. The van der Waals surface area contributed by atoms with E-state index in [0.29, 0.717) is 0 Å². The van der Waals surface area contributed by atoms with Crippen LogP contribution in [0, 0.1) is 0 Å². The molecule has 2 heterocycles. The number of anilines is 1. The maximum absolute atomic E-state index is 5.93. The molecule has 0 amide bonds. The van der Waals surface area contributed by atoms with Crippen molar-refractivity contribution in [3.8, 4) is 0 Å². The molecule has 0 saturated carbocycles. The fourth-order valence-electron chi connectivity index (χ4n) is 2.31. The first kappa shape index (κ1) is 11.4. The van der Waals surface area contributed by atoms with Gasteiger partial charge in [-0.3, -0.25) is 0 Å². The third-order valence-corrected chi connectivity index (χ3v) is 3.30. The van der Waals surface area contributed by atoms with Crippen molar-refractivity contribution in [1.29, 1.82) is 0 Å². The second-order valence-electron chi connectivity index (χ2n) is 4.64. The summed E-state index contributed by atoms with van der Waals surface area (Å²) in [6.45, 7) is 4.13. The summed E-state index contributed by atoms with van der Waals surface area (Å²) in [6, 6.07) is 14.6. The summed E-state index contributed by atoms with van der Waals surface area (Å²) in [5.74, 6) is 2.04. The molecule has 0 spiro atoms. The molecule has 2 aromatic rings.